The number of methoxy groups -OCH3 is 1. The molecule has 0 aliphatic heterocycles. The van der Waals surface area contributed by atoms with E-state index < -0.39 is 5.91 Å². The molecule has 0 fully saturated rings. The van der Waals surface area contributed by atoms with Crippen LogP contribution in [0.4, 0.5) is 5.69 Å². The standard InChI is InChI=1S/C25H30N2O3/c1-16(2)9-10-30-22-8-7-20(14-23(22)29-6)13-21(15-26)25(28)27-24-18(4)11-17(3)12-19(24)5/h7-8,11-14,16H,9-10H2,1-6H3,(H,27,28)/b21-13+. The van der Waals surface area contributed by atoms with Gasteiger partial charge in [0.25, 0.3) is 5.91 Å². The van der Waals surface area contributed by atoms with Crippen molar-refractivity contribution in [3.63, 3.8) is 0 Å². The van der Waals surface area contributed by atoms with Gasteiger partial charge in [-0.25, -0.2) is 0 Å². The topological polar surface area (TPSA) is 71.3 Å². The molecule has 0 aliphatic rings. The number of nitriles is 1. The van der Waals surface area contributed by atoms with Crippen LogP contribution in [-0.4, -0.2) is 19.6 Å². The third-order valence-electron chi connectivity index (χ3n) is 4.73. The molecule has 0 spiro atoms. The molecule has 1 N–H and O–H groups in total. The Morgan fingerprint density at radius 1 is 1.13 bits per heavy atom. The monoisotopic (exact) mass is 406 g/mol. The quantitative estimate of drug-likeness (QED) is 0.458. The molecular weight excluding hydrogens is 376 g/mol. The third kappa shape index (κ3) is 6.12. The lowest BCUT2D eigenvalue weighted by molar-refractivity contribution is -0.112. The maximum Gasteiger partial charge on any atom is 0.266 e. The second-order valence-electron chi connectivity index (χ2n) is 7.84. The van der Waals surface area contributed by atoms with E-state index in [4.69, 9.17) is 9.47 Å². The summed E-state index contributed by atoms with van der Waals surface area (Å²) in [6, 6.07) is 11.4. The minimum atomic E-state index is -0.441. The van der Waals surface area contributed by atoms with Crippen LogP contribution in [0, 0.1) is 38.0 Å². The minimum absolute atomic E-state index is 0.0184. The highest BCUT2D eigenvalue weighted by molar-refractivity contribution is 6.10. The predicted molar refractivity (Wildman–Crippen MR) is 121 cm³/mol. The van der Waals surface area contributed by atoms with Crippen molar-refractivity contribution < 1.29 is 14.3 Å². The van der Waals surface area contributed by atoms with Gasteiger partial charge in [-0.1, -0.05) is 37.6 Å². The van der Waals surface area contributed by atoms with Gasteiger partial charge in [0.05, 0.1) is 13.7 Å². The molecule has 0 radical (unpaired) electrons. The van der Waals surface area contributed by atoms with Gasteiger partial charge in [-0.2, -0.15) is 5.26 Å². The Hall–Kier alpha value is -3.26. The van der Waals surface area contributed by atoms with Gasteiger partial charge in [0.15, 0.2) is 11.5 Å². The summed E-state index contributed by atoms with van der Waals surface area (Å²) in [5, 5.41) is 12.4. The molecule has 5 nitrogen and oxygen atoms in total. The summed E-state index contributed by atoms with van der Waals surface area (Å²) in [4.78, 5) is 12.7. The minimum Gasteiger partial charge on any atom is -0.493 e. The van der Waals surface area contributed by atoms with Gasteiger partial charge >= 0.3 is 0 Å². The number of ether oxygens (including phenoxy) is 2. The van der Waals surface area contributed by atoms with Gasteiger partial charge in [0.1, 0.15) is 11.6 Å². The molecule has 0 aromatic heterocycles. The second kappa shape index (κ2) is 10.5. The van der Waals surface area contributed by atoms with Crippen molar-refractivity contribution in [2.24, 2.45) is 5.92 Å². The predicted octanol–water partition coefficient (Wildman–Crippen LogP) is 5.59. The molecule has 0 saturated carbocycles. The van der Waals surface area contributed by atoms with Crippen molar-refractivity contribution in [1.82, 2.24) is 0 Å². The van der Waals surface area contributed by atoms with E-state index in [0.29, 0.717) is 29.6 Å². The Labute approximate surface area is 179 Å². The molecule has 158 valence electrons. The molecule has 5 heteroatoms. The summed E-state index contributed by atoms with van der Waals surface area (Å²) in [6.07, 6.45) is 2.50. The van der Waals surface area contributed by atoms with Crippen LogP contribution in [0.2, 0.25) is 0 Å². The largest absolute Gasteiger partial charge is 0.493 e. The van der Waals surface area contributed by atoms with Gasteiger partial charge in [0, 0.05) is 5.69 Å². The first-order chi connectivity index (χ1) is 14.2. The number of anilines is 1. The molecule has 2 aromatic carbocycles. The summed E-state index contributed by atoms with van der Waals surface area (Å²) in [5.41, 5.74) is 4.49. The van der Waals surface area contributed by atoms with Crippen LogP contribution in [0.25, 0.3) is 6.08 Å². The van der Waals surface area contributed by atoms with E-state index in [1.165, 1.54) is 0 Å². The zero-order chi connectivity index (χ0) is 22.3. The SMILES string of the molecule is COc1cc(/C=C(\C#N)C(=O)Nc2c(C)cc(C)cc2C)ccc1OCCC(C)C. The summed E-state index contributed by atoms with van der Waals surface area (Å²) in [7, 11) is 1.57. The summed E-state index contributed by atoms with van der Waals surface area (Å²) < 4.78 is 11.2. The highest BCUT2D eigenvalue weighted by Crippen LogP contribution is 2.29. The number of nitrogens with one attached hydrogen (secondary N) is 1. The maximum atomic E-state index is 12.7. The Morgan fingerprint density at radius 3 is 2.37 bits per heavy atom. The summed E-state index contributed by atoms with van der Waals surface area (Å²) in [6.45, 7) is 10.8. The lowest BCUT2D eigenvalue weighted by Crippen LogP contribution is -2.15. The van der Waals surface area contributed by atoms with Crippen molar-refractivity contribution >= 4 is 17.7 Å². The molecule has 0 bridgehead atoms. The number of hydrogen-bond acceptors (Lipinski definition) is 4. The van der Waals surface area contributed by atoms with E-state index in [1.807, 2.05) is 39.0 Å². The highest BCUT2D eigenvalue weighted by atomic mass is 16.5. The summed E-state index contributed by atoms with van der Waals surface area (Å²) in [5.74, 6) is 1.32. The highest BCUT2D eigenvalue weighted by Gasteiger charge is 2.14. The van der Waals surface area contributed by atoms with Crippen molar-refractivity contribution in [3.05, 3.63) is 58.2 Å². The lowest BCUT2D eigenvalue weighted by Gasteiger charge is -2.13. The molecule has 2 aromatic rings. The smallest absolute Gasteiger partial charge is 0.266 e. The normalized spacial score (nSPS) is 11.2. The first kappa shape index (κ1) is 23.0. The van der Waals surface area contributed by atoms with Crippen LogP contribution >= 0.6 is 0 Å². The maximum absolute atomic E-state index is 12.7. The average Bonchev–Trinajstić information content (AvgIpc) is 2.69. The van der Waals surface area contributed by atoms with Gasteiger partial charge < -0.3 is 14.8 Å². The Kier molecular flexibility index (Phi) is 8.06. The van der Waals surface area contributed by atoms with Crippen LogP contribution in [0.15, 0.2) is 35.9 Å². The van der Waals surface area contributed by atoms with Gasteiger partial charge in [-0.15, -0.1) is 0 Å². The van der Waals surface area contributed by atoms with Crippen molar-refractivity contribution in [1.29, 1.82) is 5.26 Å². The van der Waals surface area contributed by atoms with Crippen molar-refractivity contribution in [2.75, 3.05) is 19.0 Å². The number of benzene rings is 2. The Balaban J connectivity index is 2.23. The Morgan fingerprint density at radius 2 is 1.80 bits per heavy atom. The first-order valence-electron chi connectivity index (χ1n) is 10.1. The fourth-order valence-electron chi connectivity index (χ4n) is 3.17. The van der Waals surface area contributed by atoms with Gasteiger partial charge in [0.2, 0.25) is 0 Å². The van der Waals surface area contributed by atoms with Crippen molar-refractivity contribution in [3.8, 4) is 17.6 Å². The number of rotatable bonds is 8. The van der Waals surface area contributed by atoms with Crippen LogP contribution in [0.3, 0.4) is 0 Å². The molecule has 0 heterocycles. The fourth-order valence-corrected chi connectivity index (χ4v) is 3.17. The zero-order valence-corrected chi connectivity index (χ0v) is 18.6. The second-order valence-corrected chi connectivity index (χ2v) is 7.84. The van der Waals surface area contributed by atoms with E-state index in [-0.39, 0.29) is 5.57 Å². The first-order valence-corrected chi connectivity index (χ1v) is 10.1. The molecule has 0 atom stereocenters. The van der Waals surface area contributed by atoms with E-state index in [2.05, 4.69) is 19.2 Å². The van der Waals surface area contributed by atoms with E-state index in [0.717, 1.165) is 28.8 Å². The summed E-state index contributed by atoms with van der Waals surface area (Å²) >= 11 is 0. The number of aryl methyl sites for hydroxylation is 3. The van der Waals surface area contributed by atoms with E-state index >= 15 is 0 Å². The van der Waals surface area contributed by atoms with E-state index in [9.17, 15) is 10.1 Å². The number of carbonyl (C=O) groups excluding carboxylic acids is 1. The molecule has 0 unspecified atom stereocenters. The Bertz CT molecular complexity index is 961. The molecule has 2 rings (SSSR count). The molecule has 0 aliphatic carbocycles. The number of hydrogen-bond donors (Lipinski definition) is 1. The third-order valence-corrected chi connectivity index (χ3v) is 4.73. The molecule has 1 amide bonds. The van der Waals surface area contributed by atoms with E-state index in [1.54, 1.807) is 31.4 Å². The molecule has 0 saturated heterocycles. The van der Waals surface area contributed by atoms with Gasteiger partial charge in [-0.05, 0) is 68.0 Å². The van der Waals surface area contributed by atoms with Crippen LogP contribution in [-0.2, 0) is 4.79 Å². The average molecular weight is 407 g/mol. The lowest BCUT2D eigenvalue weighted by atomic mass is 10.0. The van der Waals surface area contributed by atoms with Crippen molar-refractivity contribution in [2.45, 2.75) is 41.0 Å². The van der Waals surface area contributed by atoms with Crippen LogP contribution in [0.1, 0.15) is 42.5 Å². The molecular formula is C25H30N2O3. The zero-order valence-electron chi connectivity index (χ0n) is 18.6. The number of nitrogens with zero attached hydrogens (tertiary/aromatic N) is 1. The molecule has 30 heavy (non-hydrogen) atoms. The number of carbonyl (C=O) groups is 1. The van der Waals surface area contributed by atoms with Gasteiger partial charge in [-0.3, -0.25) is 4.79 Å². The van der Waals surface area contributed by atoms with Crippen LogP contribution < -0.4 is 14.8 Å². The fraction of sp³-hybridized carbons (Fsp3) is 0.360. The number of amides is 1. The van der Waals surface area contributed by atoms with Crippen LogP contribution in [0.5, 0.6) is 11.5 Å².